The lowest BCUT2D eigenvalue weighted by Gasteiger charge is -2.15. The average Bonchev–Trinajstić information content (AvgIpc) is 2.40. The Bertz CT molecular complexity index is 382. The first-order chi connectivity index (χ1) is 9.15. The summed E-state index contributed by atoms with van der Waals surface area (Å²) in [6.07, 6.45) is 2.20. The first-order valence-corrected chi connectivity index (χ1v) is 6.50. The molecule has 1 atom stereocenters. The van der Waals surface area contributed by atoms with Gasteiger partial charge in [0, 0.05) is 5.69 Å². The van der Waals surface area contributed by atoms with Crippen molar-refractivity contribution in [3.05, 3.63) is 30.1 Å². The number of ether oxygens (including phenoxy) is 1. The molecular formula is C14H21FN2O2. The number of rotatable bonds is 8. The number of hydrogen-bond acceptors (Lipinski definition) is 3. The molecule has 19 heavy (non-hydrogen) atoms. The number of carbonyl (C=O) groups excluding carboxylic acids is 1. The molecule has 0 fully saturated rings. The SMILES string of the molecule is CCCC(NC)OCCC(=O)Nc1ccc(F)cc1. The zero-order valence-corrected chi connectivity index (χ0v) is 11.4. The van der Waals surface area contributed by atoms with E-state index in [9.17, 15) is 9.18 Å². The van der Waals surface area contributed by atoms with E-state index in [1.807, 2.05) is 7.05 Å². The monoisotopic (exact) mass is 268 g/mol. The molecule has 0 aliphatic heterocycles. The van der Waals surface area contributed by atoms with Crippen LogP contribution in [0.4, 0.5) is 10.1 Å². The van der Waals surface area contributed by atoms with E-state index in [1.165, 1.54) is 24.3 Å². The van der Waals surface area contributed by atoms with Gasteiger partial charge < -0.3 is 10.1 Å². The first kappa shape index (κ1) is 15.6. The van der Waals surface area contributed by atoms with Gasteiger partial charge in [-0.25, -0.2) is 4.39 Å². The minimum Gasteiger partial charge on any atom is -0.363 e. The maximum atomic E-state index is 12.7. The molecule has 0 saturated carbocycles. The molecule has 0 bridgehead atoms. The third-order valence-electron chi connectivity index (χ3n) is 2.65. The van der Waals surface area contributed by atoms with Crippen LogP contribution in [-0.2, 0) is 9.53 Å². The molecule has 0 spiro atoms. The number of halogens is 1. The molecule has 5 heteroatoms. The van der Waals surface area contributed by atoms with Gasteiger partial charge in [-0.15, -0.1) is 0 Å². The molecule has 4 nitrogen and oxygen atoms in total. The number of nitrogens with one attached hydrogen (secondary N) is 2. The van der Waals surface area contributed by atoms with Crippen molar-refractivity contribution in [2.75, 3.05) is 19.0 Å². The second-order valence-electron chi connectivity index (χ2n) is 4.24. The molecule has 0 aliphatic carbocycles. The molecule has 0 radical (unpaired) electrons. The molecule has 1 amide bonds. The topological polar surface area (TPSA) is 50.4 Å². The lowest BCUT2D eigenvalue weighted by molar-refractivity contribution is -0.117. The fraction of sp³-hybridized carbons (Fsp3) is 0.500. The van der Waals surface area contributed by atoms with E-state index in [1.54, 1.807) is 0 Å². The summed E-state index contributed by atoms with van der Waals surface area (Å²) in [7, 11) is 1.83. The third-order valence-corrected chi connectivity index (χ3v) is 2.65. The van der Waals surface area contributed by atoms with Crippen molar-refractivity contribution < 1.29 is 13.9 Å². The summed E-state index contributed by atoms with van der Waals surface area (Å²) in [4.78, 5) is 11.6. The van der Waals surface area contributed by atoms with Gasteiger partial charge >= 0.3 is 0 Å². The number of hydrogen-bond donors (Lipinski definition) is 2. The molecule has 1 rings (SSSR count). The highest BCUT2D eigenvalue weighted by Gasteiger charge is 2.07. The van der Waals surface area contributed by atoms with Crippen molar-refractivity contribution in [2.45, 2.75) is 32.4 Å². The van der Waals surface area contributed by atoms with Crippen LogP contribution in [0.15, 0.2) is 24.3 Å². The van der Waals surface area contributed by atoms with E-state index in [2.05, 4.69) is 17.6 Å². The van der Waals surface area contributed by atoms with E-state index in [-0.39, 0.29) is 24.4 Å². The van der Waals surface area contributed by atoms with E-state index in [0.29, 0.717) is 12.3 Å². The molecule has 106 valence electrons. The standard InChI is InChI=1S/C14H21FN2O2/c1-3-4-14(16-2)19-10-9-13(18)17-12-7-5-11(15)6-8-12/h5-8,14,16H,3-4,9-10H2,1-2H3,(H,17,18). The summed E-state index contributed by atoms with van der Waals surface area (Å²) in [5.41, 5.74) is 0.588. The predicted molar refractivity (Wildman–Crippen MR) is 73.4 cm³/mol. The Morgan fingerprint density at radius 3 is 2.63 bits per heavy atom. The third kappa shape index (κ3) is 6.31. The van der Waals surface area contributed by atoms with Gasteiger partial charge in [0.05, 0.1) is 13.0 Å². The molecule has 0 aliphatic rings. The van der Waals surface area contributed by atoms with Crippen molar-refractivity contribution in [1.29, 1.82) is 0 Å². The van der Waals surface area contributed by atoms with E-state index in [4.69, 9.17) is 4.74 Å². The van der Waals surface area contributed by atoms with Gasteiger partial charge in [0.25, 0.3) is 0 Å². The molecular weight excluding hydrogens is 247 g/mol. The van der Waals surface area contributed by atoms with Crippen LogP contribution in [0.25, 0.3) is 0 Å². The summed E-state index contributed by atoms with van der Waals surface area (Å²) in [5.74, 6) is -0.462. The maximum absolute atomic E-state index is 12.7. The van der Waals surface area contributed by atoms with Crippen LogP contribution in [-0.4, -0.2) is 25.8 Å². The fourth-order valence-corrected chi connectivity index (χ4v) is 1.62. The first-order valence-electron chi connectivity index (χ1n) is 6.50. The molecule has 1 aromatic rings. The second kappa shape index (κ2) is 8.61. The highest BCUT2D eigenvalue weighted by Crippen LogP contribution is 2.08. The Balaban J connectivity index is 2.26. The predicted octanol–water partition coefficient (Wildman–Crippen LogP) is 2.52. The lowest BCUT2D eigenvalue weighted by atomic mass is 10.3. The minimum atomic E-state index is -0.322. The van der Waals surface area contributed by atoms with Gasteiger partial charge in [-0.2, -0.15) is 0 Å². The largest absolute Gasteiger partial charge is 0.363 e. The Morgan fingerprint density at radius 1 is 1.37 bits per heavy atom. The molecule has 1 aromatic carbocycles. The number of carbonyl (C=O) groups is 1. The van der Waals surface area contributed by atoms with Gasteiger partial charge in [0.2, 0.25) is 5.91 Å². The summed E-state index contributed by atoms with van der Waals surface area (Å²) in [6, 6.07) is 5.68. The van der Waals surface area contributed by atoms with Crippen molar-refractivity contribution in [1.82, 2.24) is 5.32 Å². The van der Waals surface area contributed by atoms with E-state index < -0.39 is 0 Å². The number of benzene rings is 1. The van der Waals surface area contributed by atoms with E-state index in [0.717, 1.165) is 12.8 Å². The lowest BCUT2D eigenvalue weighted by Crippen LogP contribution is -2.29. The fourth-order valence-electron chi connectivity index (χ4n) is 1.62. The molecule has 1 unspecified atom stereocenters. The molecule has 0 saturated heterocycles. The summed E-state index contributed by atoms with van der Waals surface area (Å²) in [6.45, 7) is 2.44. The zero-order valence-electron chi connectivity index (χ0n) is 11.4. The minimum absolute atomic E-state index is 0.0105. The molecule has 2 N–H and O–H groups in total. The van der Waals surface area contributed by atoms with Gasteiger partial charge in [-0.3, -0.25) is 10.1 Å². The summed E-state index contributed by atoms with van der Waals surface area (Å²) >= 11 is 0. The van der Waals surface area contributed by atoms with Gasteiger partial charge in [-0.05, 0) is 37.7 Å². The normalized spacial score (nSPS) is 12.2. The summed E-state index contributed by atoms with van der Waals surface area (Å²) < 4.78 is 18.2. The van der Waals surface area contributed by atoms with Crippen molar-refractivity contribution >= 4 is 11.6 Å². The maximum Gasteiger partial charge on any atom is 0.226 e. The zero-order chi connectivity index (χ0) is 14.1. The highest BCUT2D eigenvalue weighted by molar-refractivity contribution is 5.90. The van der Waals surface area contributed by atoms with Crippen LogP contribution >= 0.6 is 0 Å². The van der Waals surface area contributed by atoms with Crippen LogP contribution in [0.3, 0.4) is 0 Å². The van der Waals surface area contributed by atoms with Crippen molar-refractivity contribution in [3.63, 3.8) is 0 Å². The van der Waals surface area contributed by atoms with Crippen LogP contribution in [0, 0.1) is 5.82 Å². The van der Waals surface area contributed by atoms with Crippen LogP contribution < -0.4 is 10.6 Å². The Kier molecular flexibility index (Phi) is 7.07. The highest BCUT2D eigenvalue weighted by atomic mass is 19.1. The molecule has 0 heterocycles. The van der Waals surface area contributed by atoms with Crippen LogP contribution in [0.2, 0.25) is 0 Å². The molecule has 0 aromatic heterocycles. The summed E-state index contributed by atoms with van der Waals surface area (Å²) in [5, 5.41) is 5.72. The Labute approximate surface area is 113 Å². The Hall–Kier alpha value is -1.46. The number of anilines is 1. The Morgan fingerprint density at radius 2 is 2.05 bits per heavy atom. The van der Waals surface area contributed by atoms with E-state index >= 15 is 0 Å². The number of amides is 1. The smallest absolute Gasteiger partial charge is 0.226 e. The van der Waals surface area contributed by atoms with Crippen LogP contribution in [0.1, 0.15) is 26.2 Å². The quantitative estimate of drug-likeness (QED) is 0.712. The van der Waals surface area contributed by atoms with Crippen LogP contribution in [0.5, 0.6) is 0 Å². The van der Waals surface area contributed by atoms with Crippen molar-refractivity contribution in [2.24, 2.45) is 0 Å². The average molecular weight is 268 g/mol. The van der Waals surface area contributed by atoms with Gasteiger partial charge in [0.15, 0.2) is 0 Å². The second-order valence-corrected chi connectivity index (χ2v) is 4.24. The van der Waals surface area contributed by atoms with Crippen molar-refractivity contribution in [3.8, 4) is 0 Å². The van der Waals surface area contributed by atoms with Gasteiger partial charge in [0.1, 0.15) is 12.0 Å². The van der Waals surface area contributed by atoms with Gasteiger partial charge in [-0.1, -0.05) is 13.3 Å².